The van der Waals surface area contributed by atoms with E-state index in [4.69, 9.17) is 5.73 Å². The number of carbonyl (C=O) groups excluding carboxylic acids is 1. The molecule has 8 nitrogen and oxygen atoms in total. The van der Waals surface area contributed by atoms with Gasteiger partial charge >= 0.3 is 6.18 Å². The molecule has 4 N–H and O–H groups in total. The molecule has 1 fully saturated rings. The maximum Gasteiger partial charge on any atom is 0.402 e. The van der Waals surface area contributed by atoms with Gasteiger partial charge in [0, 0.05) is 49.9 Å². The van der Waals surface area contributed by atoms with Crippen molar-refractivity contribution in [2.24, 2.45) is 5.73 Å². The van der Waals surface area contributed by atoms with Gasteiger partial charge in [-0.2, -0.15) is 30.2 Å². The Labute approximate surface area is 263 Å². The van der Waals surface area contributed by atoms with Crippen molar-refractivity contribution in [2.45, 2.75) is 43.9 Å². The first-order chi connectivity index (χ1) is 21.2. The lowest BCUT2D eigenvalue weighted by Gasteiger charge is -2.37. The molecule has 1 aliphatic rings. The number of hydrogen-bond acceptors (Lipinski definition) is 5. The minimum absolute atomic E-state index is 0.00982. The summed E-state index contributed by atoms with van der Waals surface area (Å²) in [5, 5.41) is 6.81. The monoisotopic (exact) mass is 667 g/mol. The van der Waals surface area contributed by atoms with Gasteiger partial charge in [-0.3, -0.25) is 4.79 Å². The largest absolute Gasteiger partial charge is 0.402 e. The van der Waals surface area contributed by atoms with Crippen LogP contribution < -0.4 is 21.7 Å². The SMILES string of the molecule is Cc1ccc(C(c2ccc(P)cc2)[C@H](N)C(=O)Nc2cccc(F)c2CC[C@H]2CNCCN2S(=O)(=O)N(C)CC(F)(F)F)cc1. The molecule has 0 bridgehead atoms. The van der Waals surface area contributed by atoms with Gasteiger partial charge in [0.25, 0.3) is 10.2 Å². The molecule has 2 unspecified atom stereocenters. The van der Waals surface area contributed by atoms with E-state index >= 15 is 4.39 Å². The molecule has 1 aliphatic heterocycles. The molecule has 0 spiro atoms. The standard InChI is InChI=1S/C31H38F4N5O3PS/c1-20-6-8-21(9-7-20)28(22-10-13-24(44)14-11-22)29(36)30(41)38-27-5-3-4-26(32)25(27)15-12-23-18-37-16-17-40(23)45(42,43)39(2)19-31(33,34)35/h3-11,13-14,23,28-29,37H,12,15-19,36,44H2,1-2H3,(H,38,41)/t23-,28?,29-/m0/s1. The van der Waals surface area contributed by atoms with Gasteiger partial charge in [-0.1, -0.05) is 60.2 Å². The van der Waals surface area contributed by atoms with Gasteiger partial charge in [-0.25, -0.2) is 4.39 Å². The number of carbonyl (C=O) groups is 1. The summed E-state index contributed by atoms with van der Waals surface area (Å²) >= 11 is 0. The van der Waals surface area contributed by atoms with Crippen LogP contribution in [0.2, 0.25) is 0 Å². The fraction of sp³-hybridized carbons (Fsp3) is 0.387. The van der Waals surface area contributed by atoms with Gasteiger partial charge in [0.2, 0.25) is 5.91 Å². The number of nitrogens with one attached hydrogen (secondary N) is 2. The first-order valence-corrected chi connectivity index (χ1v) is 16.4. The van der Waals surface area contributed by atoms with Crippen LogP contribution in [-0.4, -0.2) is 74.4 Å². The van der Waals surface area contributed by atoms with E-state index in [1.807, 2.05) is 55.5 Å². The number of nitrogens with zero attached hydrogens (tertiary/aromatic N) is 2. The van der Waals surface area contributed by atoms with Crippen LogP contribution in [0, 0.1) is 12.7 Å². The Morgan fingerprint density at radius 2 is 1.73 bits per heavy atom. The van der Waals surface area contributed by atoms with E-state index in [-0.39, 0.29) is 48.0 Å². The third-order valence-corrected chi connectivity index (χ3v) is 10.3. The molecule has 1 amide bonds. The lowest BCUT2D eigenvalue weighted by molar-refractivity contribution is -0.134. The summed E-state index contributed by atoms with van der Waals surface area (Å²) in [6.07, 6.45) is -4.60. The predicted octanol–water partition coefficient (Wildman–Crippen LogP) is 3.68. The molecule has 3 aromatic carbocycles. The first kappa shape index (κ1) is 34.9. The number of rotatable bonds is 11. The zero-order valence-electron chi connectivity index (χ0n) is 25.0. The number of hydrogen-bond donors (Lipinski definition) is 3. The van der Waals surface area contributed by atoms with E-state index in [9.17, 15) is 26.4 Å². The van der Waals surface area contributed by atoms with E-state index in [1.54, 1.807) is 0 Å². The lowest BCUT2D eigenvalue weighted by atomic mass is 9.84. The molecule has 4 rings (SSSR count). The normalized spacial score (nSPS) is 17.7. The highest BCUT2D eigenvalue weighted by atomic mass is 32.2. The van der Waals surface area contributed by atoms with E-state index < -0.39 is 52.7 Å². The van der Waals surface area contributed by atoms with Crippen LogP contribution in [-0.2, 0) is 21.4 Å². The Balaban J connectivity index is 1.55. The van der Waals surface area contributed by atoms with Crippen LogP contribution >= 0.6 is 9.24 Å². The van der Waals surface area contributed by atoms with Crippen LogP contribution in [0.1, 0.15) is 34.6 Å². The molecule has 0 saturated carbocycles. The van der Waals surface area contributed by atoms with Crippen molar-refractivity contribution in [3.8, 4) is 0 Å². The second kappa shape index (κ2) is 14.7. The van der Waals surface area contributed by atoms with Crippen molar-refractivity contribution in [1.82, 2.24) is 13.9 Å². The van der Waals surface area contributed by atoms with Crippen molar-refractivity contribution < 1.29 is 30.8 Å². The Morgan fingerprint density at radius 1 is 1.11 bits per heavy atom. The Kier molecular flexibility index (Phi) is 11.4. The predicted molar refractivity (Wildman–Crippen MR) is 171 cm³/mol. The maximum atomic E-state index is 15.2. The highest BCUT2D eigenvalue weighted by Gasteiger charge is 2.40. The fourth-order valence-corrected chi connectivity index (χ4v) is 7.24. The van der Waals surface area contributed by atoms with Crippen LogP contribution in [0.15, 0.2) is 66.7 Å². The van der Waals surface area contributed by atoms with Crippen LogP contribution in [0.3, 0.4) is 0 Å². The average molecular weight is 668 g/mol. The van der Waals surface area contributed by atoms with Crippen LogP contribution in [0.5, 0.6) is 0 Å². The summed E-state index contributed by atoms with van der Waals surface area (Å²) in [6.45, 7) is 0.729. The smallest absolute Gasteiger partial charge is 0.324 e. The van der Waals surface area contributed by atoms with Crippen molar-refractivity contribution in [3.63, 3.8) is 0 Å². The molecule has 3 aromatic rings. The van der Waals surface area contributed by atoms with Crippen molar-refractivity contribution in [3.05, 3.63) is 94.8 Å². The summed E-state index contributed by atoms with van der Waals surface area (Å²) in [5.74, 6) is -1.66. The number of benzene rings is 3. The molecule has 0 radical (unpaired) electrons. The molecular formula is C31H38F4N5O3PS. The zero-order chi connectivity index (χ0) is 32.9. The van der Waals surface area contributed by atoms with E-state index in [2.05, 4.69) is 19.9 Å². The summed E-state index contributed by atoms with van der Waals surface area (Å²) in [4.78, 5) is 13.6. The average Bonchev–Trinajstić information content (AvgIpc) is 2.98. The van der Waals surface area contributed by atoms with Gasteiger partial charge in [-0.15, -0.1) is 9.24 Å². The Hall–Kier alpha value is -2.93. The number of anilines is 1. The summed E-state index contributed by atoms with van der Waals surface area (Å²) in [5.41, 5.74) is 9.63. The number of halogens is 4. The number of alkyl halides is 3. The third kappa shape index (κ3) is 8.87. The van der Waals surface area contributed by atoms with E-state index in [0.717, 1.165) is 33.3 Å². The van der Waals surface area contributed by atoms with Gasteiger partial charge in [-0.05, 0) is 48.3 Å². The Morgan fingerprint density at radius 3 is 2.36 bits per heavy atom. The third-order valence-electron chi connectivity index (χ3n) is 7.89. The summed E-state index contributed by atoms with van der Waals surface area (Å²) in [6, 6.07) is 17.7. The van der Waals surface area contributed by atoms with Gasteiger partial charge < -0.3 is 16.4 Å². The molecule has 45 heavy (non-hydrogen) atoms. The minimum Gasteiger partial charge on any atom is -0.324 e. The van der Waals surface area contributed by atoms with Crippen molar-refractivity contribution in [2.75, 3.05) is 38.5 Å². The van der Waals surface area contributed by atoms with Gasteiger partial charge in [0.15, 0.2) is 0 Å². The lowest BCUT2D eigenvalue weighted by Crippen LogP contribution is -2.57. The van der Waals surface area contributed by atoms with Crippen molar-refractivity contribution >= 4 is 36.3 Å². The molecule has 1 saturated heterocycles. The molecule has 4 atom stereocenters. The summed E-state index contributed by atoms with van der Waals surface area (Å²) < 4.78 is 81.5. The number of piperazine rings is 1. The highest BCUT2D eigenvalue weighted by molar-refractivity contribution is 7.86. The fourth-order valence-electron chi connectivity index (χ4n) is 5.50. The highest BCUT2D eigenvalue weighted by Crippen LogP contribution is 2.30. The second-order valence-electron chi connectivity index (χ2n) is 11.2. The maximum absolute atomic E-state index is 15.2. The number of amides is 1. The molecule has 14 heteroatoms. The van der Waals surface area contributed by atoms with E-state index in [1.165, 1.54) is 18.2 Å². The summed E-state index contributed by atoms with van der Waals surface area (Å²) in [7, 11) is -0.945. The molecule has 1 heterocycles. The quantitative estimate of drug-likeness (QED) is 0.214. The first-order valence-electron chi connectivity index (χ1n) is 14.4. The van der Waals surface area contributed by atoms with Crippen LogP contribution in [0.25, 0.3) is 0 Å². The topological polar surface area (TPSA) is 108 Å². The van der Waals surface area contributed by atoms with Gasteiger partial charge in [0.1, 0.15) is 12.4 Å². The number of nitrogens with two attached hydrogens (primary N) is 1. The molecular weight excluding hydrogens is 629 g/mol. The second-order valence-corrected chi connectivity index (χ2v) is 13.9. The zero-order valence-corrected chi connectivity index (χ0v) is 27.0. The van der Waals surface area contributed by atoms with Crippen LogP contribution in [0.4, 0.5) is 23.2 Å². The molecule has 0 aliphatic carbocycles. The molecule has 244 valence electrons. The molecule has 0 aromatic heterocycles. The van der Waals surface area contributed by atoms with Crippen molar-refractivity contribution in [1.29, 1.82) is 0 Å². The number of aryl methyl sites for hydroxylation is 1. The van der Waals surface area contributed by atoms with E-state index in [0.29, 0.717) is 0 Å². The van der Waals surface area contributed by atoms with Gasteiger partial charge in [0.05, 0.1) is 6.04 Å². The Bertz CT molecular complexity index is 1530. The minimum atomic E-state index is -4.70.